The highest BCUT2D eigenvalue weighted by molar-refractivity contribution is 5.75. The molecule has 64 valence electrons. The Labute approximate surface area is 71.1 Å². The van der Waals surface area contributed by atoms with Crippen LogP contribution in [0.25, 0.3) is 0 Å². The Morgan fingerprint density at radius 2 is 2.17 bits per heavy atom. The second kappa shape index (κ2) is 3.85. The van der Waals surface area contributed by atoms with Gasteiger partial charge in [0.15, 0.2) is 0 Å². The molecule has 0 spiro atoms. The predicted molar refractivity (Wildman–Crippen MR) is 44.9 cm³/mol. The molecule has 0 fully saturated rings. The Balaban J connectivity index is 2.88. The molecule has 0 bridgehead atoms. The average molecular weight is 165 g/mol. The Kier molecular flexibility index (Phi) is 2.80. The number of hydrogen-bond acceptors (Lipinski definition) is 2. The van der Waals surface area contributed by atoms with E-state index < -0.39 is 11.9 Å². The van der Waals surface area contributed by atoms with Crippen molar-refractivity contribution >= 4 is 5.97 Å². The van der Waals surface area contributed by atoms with Crippen LogP contribution in [0.2, 0.25) is 0 Å². The first-order valence-corrected chi connectivity index (χ1v) is 3.88. The van der Waals surface area contributed by atoms with E-state index in [4.69, 9.17) is 5.11 Å². The molecule has 0 aliphatic carbocycles. The molecule has 3 nitrogen and oxygen atoms in total. The summed E-state index contributed by atoms with van der Waals surface area (Å²) in [4.78, 5) is 14.5. The zero-order valence-corrected chi connectivity index (χ0v) is 6.90. The number of carboxylic acids is 1. The second-order valence-corrected chi connectivity index (χ2v) is 2.58. The van der Waals surface area contributed by atoms with Crippen LogP contribution in [0, 0.1) is 0 Å². The predicted octanol–water partition coefficient (Wildman–Crippen LogP) is 1.66. The van der Waals surface area contributed by atoms with Gasteiger partial charge >= 0.3 is 5.97 Å². The molecule has 0 aliphatic rings. The van der Waals surface area contributed by atoms with E-state index in [0.717, 1.165) is 5.56 Å². The van der Waals surface area contributed by atoms with E-state index in [2.05, 4.69) is 4.98 Å². The molecule has 12 heavy (non-hydrogen) atoms. The summed E-state index contributed by atoms with van der Waals surface area (Å²) in [5.41, 5.74) is 0.819. The number of carboxylic acid groups (broad SMARTS) is 1. The van der Waals surface area contributed by atoms with Gasteiger partial charge in [-0.3, -0.25) is 9.78 Å². The quantitative estimate of drug-likeness (QED) is 0.741. The summed E-state index contributed by atoms with van der Waals surface area (Å²) in [7, 11) is 0. The molecular formula is C9H11NO2. The maximum atomic E-state index is 10.7. The average Bonchev–Trinajstić information content (AvgIpc) is 2.07. The highest BCUT2D eigenvalue weighted by atomic mass is 16.4. The molecule has 0 saturated carbocycles. The molecule has 0 amide bonds. The van der Waals surface area contributed by atoms with E-state index in [9.17, 15) is 4.79 Å². The lowest BCUT2D eigenvalue weighted by atomic mass is 9.98. The Morgan fingerprint density at radius 3 is 2.58 bits per heavy atom. The number of rotatable bonds is 3. The van der Waals surface area contributed by atoms with Gasteiger partial charge < -0.3 is 5.11 Å². The lowest BCUT2D eigenvalue weighted by molar-refractivity contribution is -0.138. The van der Waals surface area contributed by atoms with Crippen molar-refractivity contribution in [3.05, 3.63) is 30.1 Å². The molecule has 1 N–H and O–H groups in total. The lowest BCUT2D eigenvalue weighted by Gasteiger charge is -2.08. The van der Waals surface area contributed by atoms with Crippen LogP contribution in [-0.4, -0.2) is 16.1 Å². The largest absolute Gasteiger partial charge is 0.481 e. The smallest absolute Gasteiger partial charge is 0.310 e. The lowest BCUT2D eigenvalue weighted by Crippen LogP contribution is -2.10. The molecule has 1 aromatic rings. The minimum Gasteiger partial charge on any atom is -0.481 e. The van der Waals surface area contributed by atoms with Gasteiger partial charge in [-0.25, -0.2) is 0 Å². The topological polar surface area (TPSA) is 50.2 Å². The summed E-state index contributed by atoms with van der Waals surface area (Å²) in [5.74, 6) is -1.17. The van der Waals surface area contributed by atoms with Crippen molar-refractivity contribution in [3.63, 3.8) is 0 Å². The molecular weight excluding hydrogens is 154 g/mol. The van der Waals surface area contributed by atoms with Crippen molar-refractivity contribution in [2.75, 3.05) is 0 Å². The van der Waals surface area contributed by atoms with Crippen LogP contribution in [0.15, 0.2) is 24.5 Å². The van der Waals surface area contributed by atoms with Crippen molar-refractivity contribution in [1.82, 2.24) is 4.98 Å². The van der Waals surface area contributed by atoms with E-state index in [1.54, 1.807) is 24.5 Å². The molecule has 0 unspecified atom stereocenters. The minimum atomic E-state index is -0.774. The van der Waals surface area contributed by atoms with E-state index >= 15 is 0 Å². The van der Waals surface area contributed by atoms with Crippen molar-refractivity contribution in [3.8, 4) is 0 Å². The Bertz CT molecular complexity index is 258. The first-order valence-electron chi connectivity index (χ1n) is 3.88. The number of pyridine rings is 1. The molecule has 3 heteroatoms. The van der Waals surface area contributed by atoms with Crippen molar-refractivity contribution < 1.29 is 9.90 Å². The second-order valence-electron chi connectivity index (χ2n) is 2.58. The third-order valence-electron chi connectivity index (χ3n) is 1.81. The number of carbonyl (C=O) groups is 1. The van der Waals surface area contributed by atoms with Gasteiger partial charge in [0.2, 0.25) is 0 Å². The summed E-state index contributed by atoms with van der Waals surface area (Å²) in [5, 5.41) is 8.81. The summed E-state index contributed by atoms with van der Waals surface area (Å²) in [6.45, 7) is 1.86. The Morgan fingerprint density at radius 1 is 1.58 bits per heavy atom. The molecule has 1 heterocycles. The fourth-order valence-electron chi connectivity index (χ4n) is 1.15. The first-order chi connectivity index (χ1) is 5.75. The zero-order valence-electron chi connectivity index (χ0n) is 6.90. The van der Waals surface area contributed by atoms with Gasteiger partial charge in [-0.2, -0.15) is 0 Å². The maximum absolute atomic E-state index is 10.7. The van der Waals surface area contributed by atoms with Crippen LogP contribution < -0.4 is 0 Å². The molecule has 0 aliphatic heterocycles. The van der Waals surface area contributed by atoms with E-state index in [0.29, 0.717) is 6.42 Å². The highest BCUT2D eigenvalue weighted by Crippen LogP contribution is 2.17. The fourth-order valence-corrected chi connectivity index (χ4v) is 1.15. The van der Waals surface area contributed by atoms with Gasteiger partial charge in [-0.1, -0.05) is 6.92 Å². The van der Waals surface area contributed by atoms with Crippen LogP contribution in [0.3, 0.4) is 0 Å². The minimum absolute atomic E-state index is 0.395. The van der Waals surface area contributed by atoms with Crippen LogP contribution in [0.1, 0.15) is 24.8 Å². The van der Waals surface area contributed by atoms with Gasteiger partial charge in [0.25, 0.3) is 0 Å². The van der Waals surface area contributed by atoms with Crippen LogP contribution >= 0.6 is 0 Å². The van der Waals surface area contributed by atoms with E-state index in [-0.39, 0.29) is 0 Å². The zero-order chi connectivity index (χ0) is 8.97. The number of aromatic nitrogens is 1. The van der Waals surface area contributed by atoms with E-state index in [1.165, 1.54) is 0 Å². The standard InChI is InChI=1S/C9H11NO2/c1-2-8(9(11)12)7-3-5-10-6-4-7/h3-6,8H,2H2,1H3,(H,11,12)/t8-/m0/s1. The third-order valence-corrected chi connectivity index (χ3v) is 1.81. The highest BCUT2D eigenvalue weighted by Gasteiger charge is 2.16. The van der Waals surface area contributed by atoms with Crippen LogP contribution in [-0.2, 0) is 4.79 Å². The molecule has 0 saturated heterocycles. The summed E-state index contributed by atoms with van der Waals surface area (Å²) in [6.07, 6.45) is 3.83. The molecule has 1 rings (SSSR count). The molecule has 0 radical (unpaired) electrons. The molecule has 1 aromatic heterocycles. The van der Waals surface area contributed by atoms with Gasteiger partial charge in [0.1, 0.15) is 0 Å². The molecule has 0 aromatic carbocycles. The van der Waals surface area contributed by atoms with Gasteiger partial charge in [0.05, 0.1) is 5.92 Å². The number of aliphatic carboxylic acids is 1. The Hall–Kier alpha value is -1.38. The summed E-state index contributed by atoms with van der Waals surface area (Å²) in [6, 6.07) is 3.48. The SMILES string of the molecule is CC[C@H](C(=O)O)c1ccncc1. The third kappa shape index (κ3) is 1.81. The van der Waals surface area contributed by atoms with E-state index in [1.807, 2.05) is 6.92 Å². The van der Waals surface area contributed by atoms with Crippen LogP contribution in [0.4, 0.5) is 0 Å². The van der Waals surface area contributed by atoms with Gasteiger partial charge in [-0.05, 0) is 24.1 Å². The molecule has 1 atom stereocenters. The fraction of sp³-hybridized carbons (Fsp3) is 0.333. The number of nitrogens with zero attached hydrogens (tertiary/aromatic N) is 1. The monoisotopic (exact) mass is 165 g/mol. The van der Waals surface area contributed by atoms with Crippen molar-refractivity contribution in [2.45, 2.75) is 19.3 Å². The summed E-state index contributed by atoms with van der Waals surface area (Å²) < 4.78 is 0. The van der Waals surface area contributed by atoms with Crippen LogP contribution in [0.5, 0.6) is 0 Å². The van der Waals surface area contributed by atoms with Gasteiger partial charge in [-0.15, -0.1) is 0 Å². The normalized spacial score (nSPS) is 12.4. The first kappa shape index (κ1) is 8.71. The van der Waals surface area contributed by atoms with Gasteiger partial charge in [0, 0.05) is 12.4 Å². The summed E-state index contributed by atoms with van der Waals surface area (Å²) >= 11 is 0. The maximum Gasteiger partial charge on any atom is 0.310 e. The number of hydrogen-bond donors (Lipinski definition) is 1. The van der Waals surface area contributed by atoms with Crippen molar-refractivity contribution in [2.24, 2.45) is 0 Å². The van der Waals surface area contributed by atoms with Crippen molar-refractivity contribution in [1.29, 1.82) is 0 Å².